The van der Waals surface area contributed by atoms with E-state index in [0.29, 0.717) is 22.0 Å². The Morgan fingerprint density at radius 1 is 1.32 bits per heavy atom. The molecule has 0 aliphatic heterocycles. The fourth-order valence-electron chi connectivity index (χ4n) is 2.42. The zero-order chi connectivity index (χ0) is 14.0. The lowest BCUT2D eigenvalue weighted by atomic mass is 10.1. The predicted molar refractivity (Wildman–Crippen MR) is 74.6 cm³/mol. The molecule has 0 heterocycles. The van der Waals surface area contributed by atoms with Crippen molar-refractivity contribution in [2.75, 3.05) is 11.2 Å². The molecule has 1 aromatic carbocycles. The normalized spacial score (nSPS) is 23.6. The molecule has 2 rings (SSSR count). The van der Waals surface area contributed by atoms with Crippen LogP contribution in [-0.2, 0) is 6.18 Å². The third-order valence-electron chi connectivity index (χ3n) is 3.49. The van der Waals surface area contributed by atoms with Crippen LogP contribution in [0, 0.1) is 5.92 Å². The lowest BCUT2D eigenvalue weighted by Crippen LogP contribution is -2.25. The van der Waals surface area contributed by atoms with Gasteiger partial charge in [-0.3, -0.25) is 0 Å². The predicted octanol–water partition coefficient (Wildman–Crippen LogP) is 5.29. The first-order chi connectivity index (χ1) is 8.91. The molecular formula is C13H14BrClF3N. The fraction of sp³-hybridized carbons (Fsp3) is 0.538. The van der Waals surface area contributed by atoms with Crippen molar-refractivity contribution < 1.29 is 13.2 Å². The van der Waals surface area contributed by atoms with Gasteiger partial charge in [0.05, 0.1) is 5.56 Å². The Hall–Kier alpha value is -0.420. The van der Waals surface area contributed by atoms with Gasteiger partial charge < -0.3 is 5.32 Å². The number of benzene rings is 1. The van der Waals surface area contributed by atoms with E-state index in [-0.39, 0.29) is 6.04 Å². The summed E-state index contributed by atoms with van der Waals surface area (Å²) < 4.78 is 38.1. The third kappa shape index (κ3) is 3.57. The first kappa shape index (κ1) is 15.0. The molecule has 2 atom stereocenters. The average Bonchev–Trinajstić information content (AvgIpc) is 2.77. The van der Waals surface area contributed by atoms with Crippen LogP contribution in [0.25, 0.3) is 0 Å². The molecule has 1 saturated carbocycles. The molecule has 1 aliphatic rings. The first-order valence-corrected chi connectivity index (χ1v) is 7.44. The van der Waals surface area contributed by atoms with E-state index < -0.39 is 11.7 Å². The maximum Gasteiger partial charge on any atom is 0.416 e. The summed E-state index contributed by atoms with van der Waals surface area (Å²) in [7, 11) is 0. The molecular weight excluding hydrogens is 343 g/mol. The summed E-state index contributed by atoms with van der Waals surface area (Å²) in [6, 6.07) is 3.91. The van der Waals surface area contributed by atoms with E-state index in [4.69, 9.17) is 11.6 Å². The van der Waals surface area contributed by atoms with Gasteiger partial charge in [-0.2, -0.15) is 13.2 Å². The third-order valence-corrected chi connectivity index (χ3v) is 4.55. The summed E-state index contributed by atoms with van der Waals surface area (Å²) >= 11 is 9.09. The number of anilines is 1. The topological polar surface area (TPSA) is 12.0 Å². The van der Waals surface area contributed by atoms with Gasteiger partial charge in [0.25, 0.3) is 0 Å². The van der Waals surface area contributed by atoms with Crippen LogP contribution in [0.1, 0.15) is 24.8 Å². The van der Waals surface area contributed by atoms with Crippen molar-refractivity contribution in [3.05, 3.63) is 28.2 Å². The van der Waals surface area contributed by atoms with E-state index in [1.54, 1.807) is 0 Å². The molecule has 1 fully saturated rings. The molecule has 1 N–H and O–H groups in total. The van der Waals surface area contributed by atoms with Gasteiger partial charge in [-0.05, 0) is 52.9 Å². The van der Waals surface area contributed by atoms with E-state index in [2.05, 4.69) is 21.2 Å². The number of alkyl halides is 4. The van der Waals surface area contributed by atoms with Crippen LogP contribution in [-0.4, -0.2) is 11.9 Å². The largest absolute Gasteiger partial charge is 0.416 e. The van der Waals surface area contributed by atoms with Crippen LogP contribution < -0.4 is 5.32 Å². The average molecular weight is 357 g/mol. The first-order valence-electron chi connectivity index (χ1n) is 6.11. The van der Waals surface area contributed by atoms with Gasteiger partial charge in [0.15, 0.2) is 0 Å². The molecule has 1 aromatic rings. The number of nitrogens with one attached hydrogen (secondary N) is 1. The summed E-state index contributed by atoms with van der Waals surface area (Å²) in [6.07, 6.45) is -1.13. The molecule has 0 spiro atoms. The minimum atomic E-state index is -4.31. The minimum Gasteiger partial charge on any atom is -0.381 e. The second-order valence-corrected chi connectivity index (χ2v) is 5.95. The highest BCUT2D eigenvalue weighted by Crippen LogP contribution is 2.36. The highest BCUT2D eigenvalue weighted by Gasteiger charge is 2.31. The number of hydrogen-bond acceptors (Lipinski definition) is 1. The highest BCUT2D eigenvalue weighted by molar-refractivity contribution is 9.10. The van der Waals surface area contributed by atoms with Gasteiger partial charge >= 0.3 is 6.18 Å². The molecule has 0 saturated heterocycles. The quantitative estimate of drug-likeness (QED) is 0.726. The Morgan fingerprint density at radius 2 is 2.05 bits per heavy atom. The molecule has 0 amide bonds. The van der Waals surface area contributed by atoms with Crippen LogP contribution in [0.5, 0.6) is 0 Å². The number of halogens is 5. The van der Waals surface area contributed by atoms with E-state index in [1.165, 1.54) is 6.07 Å². The molecule has 19 heavy (non-hydrogen) atoms. The van der Waals surface area contributed by atoms with Gasteiger partial charge in [0.1, 0.15) is 0 Å². The van der Waals surface area contributed by atoms with Crippen LogP contribution >= 0.6 is 27.5 Å². The van der Waals surface area contributed by atoms with Gasteiger partial charge in [0, 0.05) is 22.1 Å². The summed E-state index contributed by atoms with van der Waals surface area (Å²) in [5.41, 5.74) is 0.0419. The molecule has 0 radical (unpaired) electrons. The van der Waals surface area contributed by atoms with E-state index >= 15 is 0 Å². The number of hydrogen-bond donors (Lipinski definition) is 1. The maximum absolute atomic E-state index is 12.6. The maximum atomic E-state index is 12.6. The van der Waals surface area contributed by atoms with Crippen molar-refractivity contribution in [2.45, 2.75) is 31.5 Å². The van der Waals surface area contributed by atoms with Crippen LogP contribution in [0.3, 0.4) is 0 Å². The molecule has 6 heteroatoms. The molecule has 0 aromatic heterocycles. The Labute approximate surface area is 123 Å². The Balaban J connectivity index is 2.13. The van der Waals surface area contributed by atoms with E-state index in [1.807, 2.05) is 0 Å². The Bertz CT molecular complexity index is 450. The summed E-state index contributed by atoms with van der Waals surface area (Å²) in [5, 5.41) is 3.29. The minimum absolute atomic E-state index is 0.241. The Morgan fingerprint density at radius 3 is 2.63 bits per heavy atom. The van der Waals surface area contributed by atoms with Crippen LogP contribution in [0.4, 0.5) is 18.9 Å². The monoisotopic (exact) mass is 355 g/mol. The Kier molecular flexibility index (Phi) is 4.66. The molecule has 1 aliphatic carbocycles. The SMILES string of the molecule is FC(F)(F)c1ccc(NC2CCCC2CCl)c(Br)c1. The lowest BCUT2D eigenvalue weighted by molar-refractivity contribution is -0.137. The lowest BCUT2D eigenvalue weighted by Gasteiger charge is -2.21. The summed E-state index contributed by atoms with van der Waals surface area (Å²) in [4.78, 5) is 0. The van der Waals surface area contributed by atoms with Crippen LogP contribution in [0.15, 0.2) is 22.7 Å². The smallest absolute Gasteiger partial charge is 0.381 e. The molecule has 106 valence electrons. The van der Waals surface area contributed by atoms with Gasteiger partial charge in [-0.25, -0.2) is 0 Å². The van der Waals surface area contributed by atoms with Gasteiger partial charge in [-0.1, -0.05) is 6.42 Å². The molecule has 1 nitrogen and oxygen atoms in total. The van der Waals surface area contributed by atoms with Crippen molar-refractivity contribution in [3.63, 3.8) is 0 Å². The molecule has 0 bridgehead atoms. The van der Waals surface area contributed by atoms with E-state index in [9.17, 15) is 13.2 Å². The molecule has 2 unspecified atom stereocenters. The second kappa shape index (κ2) is 5.92. The highest BCUT2D eigenvalue weighted by atomic mass is 79.9. The van der Waals surface area contributed by atoms with Gasteiger partial charge in [-0.15, -0.1) is 11.6 Å². The van der Waals surface area contributed by atoms with Crippen molar-refractivity contribution in [1.29, 1.82) is 0 Å². The second-order valence-electron chi connectivity index (χ2n) is 4.79. The number of rotatable bonds is 3. The van der Waals surface area contributed by atoms with E-state index in [0.717, 1.165) is 31.4 Å². The van der Waals surface area contributed by atoms with Crippen molar-refractivity contribution in [3.8, 4) is 0 Å². The summed E-state index contributed by atoms with van der Waals surface area (Å²) in [6.45, 7) is 0. The van der Waals surface area contributed by atoms with Gasteiger partial charge in [0.2, 0.25) is 0 Å². The zero-order valence-electron chi connectivity index (χ0n) is 10.1. The fourth-order valence-corrected chi connectivity index (χ4v) is 3.28. The van der Waals surface area contributed by atoms with Crippen molar-refractivity contribution in [2.24, 2.45) is 5.92 Å². The summed E-state index contributed by atoms with van der Waals surface area (Å²) in [5.74, 6) is 0.964. The van der Waals surface area contributed by atoms with Crippen molar-refractivity contribution in [1.82, 2.24) is 0 Å². The zero-order valence-corrected chi connectivity index (χ0v) is 12.4. The van der Waals surface area contributed by atoms with Crippen molar-refractivity contribution >= 4 is 33.2 Å². The van der Waals surface area contributed by atoms with Crippen LogP contribution in [0.2, 0.25) is 0 Å². The standard InChI is InChI=1S/C13H14BrClF3N/c14-10-6-9(13(16,17)18)4-5-12(10)19-11-3-1-2-8(11)7-15/h4-6,8,11,19H,1-3,7H2.